The summed E-state index contributed by atoms with van der Waals surface area (Å²) in [6.45, 7) is 1.55. The zero-order valence-electron chi connectivity index (χ0n) is 14.3. The number of nitrogens with one attached hydrogen (secondary N) is 1. The topological polar surface area (TPSA) is 29.1 Å². The fraction of sp³-hybridized carbons (Fsp3) is 0.0870. The molecule has 0 aromatic heterocycles. The van der Waals surface area contributed by atoms with Crippen LogP contribution in [0.15, 0.2) is 91.0 Å². The summed E-state index contributed by atoms with van der Waals surface area (Å²) in [5.74, 6) is -0.0691. The average molecular weight is 327 g/mol. The normalized spacial score (nSPS) is 11.6. The number of allylic oxidation sites excluding steroid dienone is 1. The number of hydrogen-bond acceptors (Lipinski definition) is 1. The van der Waals surface area contributed by atoms with Crippen molar-refractivity contribution < 1.29 is 4.79 Å². The summed E-state index contributed by atoms with van der Waals surface area (Å²) in [5.41, 5.74) is 5.29. The molecule has 0 spiro atoms. The zero-order valence-corrected chi connectivity index (χ0v) is 14.3. The van der Waals surface area contributed by atoms with Crippen LogP contribution in [-0.2, 0) is 11.2 Å². The van der Waals surface area contributed by atoms with E-state index in [1.807, 2.05) is 66.7 Å². The van der Waals surface area contributed by atoms with Gasteiger partial charge in [0.1, 0.15) is 0 Å². The van der Waals surface area contributed by atoms with Gasteiger partial charge in [0.2, 0.25) is 5.91 Å². The van der Waals surface area contributed by atoms with Crippen LogP contribution in [0.1, 0.15) is 23.6 Å². The Morgan fingerprint density at radius 3 is 1.72 bits per heavy atom. The molecule has 0 fully saturated rings. The van der Waals surface area contributed by atoms with Crippen molar-refractivity contribution >= 4 is 17.2 Å². The van der Waals surface area contributed by atoms with Gasteiger partial charge in [-0.15, -0.1) is 0 Å². The van der Waals surface area contributed by atoms with Crippen molar-refractivity contribution in [2.75, 3.05) is 0 Å². The predicted octanol–water partition coefficient (Wildman–Crippen LogP) is 4.93. The molecular weight excluding hydrogens is 306 g/mol. The maximum atomic E-state index is 11.9. The maximum Gasteiger partial charge on any atom is 0.221 e. The largest absolute Gasteiger partial charge is 0.326 e. The fourth-order valence-electron chi connectivity index (χ4n) is 2.88. The Labute approximate surface area is 148 Å². The van der Waals surface area contributed by atoms with Crippen molar-refractivity contribution in [1.82, 2.24) is 5.32 Å². The van der Waals surface area contributed by atoms with Crippen LogP contribution in [0.25, 0.3) is 11.3 Å². The van der Waals surface area contributed by atoms with E-state index in [1.54, 1.807) is 6.92 Å². The number of carbonyl (C=O) groups excluding carboxylic acids is 1. The molecular formula is C23H21NO. The molecule has 0 atom stereocenters. The van der Waals surface area contributed by atoms with E-state index in [0.717, 1.165) is 28.8 Å². The number of hydrogen-bond donors (Lipinski definition) is 1. The highest BCUT2D eigenvalue weighted by Crippen LogP contribution is 2.28. The van der Waals surface area contributed by atoms with Gasteiger partial charge in [-0.25, -0.2) is 0 Å². The van der Waals surface area contributed by atoms with Crippen LogP contribution in [0.2, 0.25) is 0 Å². The van der Waals surface area contributed by atoms with Gasteiger partial charge in [0.15, 0.2) is 0 Å². The van der Waals surface area contributed by atoms with Crippen LogP contribution >= 0.6 is 0 Å². The van der Waals surface area contributed by atoms with Gasteiger partial charge in [-0.1, -0.05) is 91.0 Å². The summed E-state index contributed by atoms with van der Waals surface area (Å²) in [4.78, 5) is 11.9. The van der Waals surface area contributed by atoms with Crippen LogP contribution in [0.4, 0.5) is 0 Å². The lowest BCUT2D eigenvalue weighted by molar-refractivity contribution is -0.117. The third-order valence-corrected chi connectivity index (χ3v) is 4.01. The lowest BCUT2D eigenvalue weighted by Crippen LogP contribution is -2.20. The lowest BCUT2D eigenvalue weighted by Gasteiger charge is -2.17. The highest BCUT2D eigenvalue weighted by Gasteiger charge is 2.13. The molecule has 0 heterocycles. The van der Waals surface area contributed by atoms with Gasteiger partial charge in [-0.05, 0) is 22.3 Å². The van der Waals surface area contributed by atoms with Gasteiger partial charge in [0.05, 0.1) is 5.70 Å². The standard InChI is InChI=1S/C23H21NO/c1-18(25)24-23(21-15-9-4-10-16-21)22(20-13-7-3-8-14-20)17-19-11-5-2-6-12-19/h2-16H,17H2,1H3,(H,24,25). The number of carbonyl (C=O) groups is 1. The van der Waals surface area contributed by atoms with Crippen molar-refractivity contribution in [2.45, 2.75) is 13.3 Å². The SMILES string of the molecule is CC(=O)NC(=C(Cc1ccccc1)c1ccccc1)c1ccccc1. The minimum atomic E-state index is -0.0691. The second kappa shape index (κ2) is 8.11. The fourth-order valence-corrected chi connectivity index (χ4v) is 2.88. The average Bonchev–Trinajstić information content (AvgIpc) is 2.66. The van der Waals surface area contributed by atoms with E-state index in [1.165, 1.54) is 5.56 Å². The summed E-state index contributed by atoms with van der Waals surface area (Å²) < 4.78 is 0. The monoisotopic (exact) mass is 327 g/mol. The van der Waals surface area contributed by atoms with Gasteiger partial charge < -0.3 is 5.32 Å². The summed E-state index contributed by atoms with van der Waals surface area (Å²) in [7, 11) is 0. The summed E-state index contributed by atoms with van der Waals surface area (Å²) in [5, 5.41) is 3.06. The molecule has 25 heavy (non-hydrogen) atoms. The third-order valence-electron chi connectivity index (χ3n) is 4.01. The molecule has 0 aliphatic rings. The third kappa shape index (κ3) is 4.45. The predicted molar refractivity (Wildman–Crippen MR) is 104 cm³/mol. The Balaban J connectivity index is 2.17. The zero-order chi connectivity index (χ0) is 17.5. The molecule has 0 saturated heterocycles. The maximum absolute atomic E-state index is 11.9. The Bertz CT molecular complexity index is 852. The Hall–Kier alpha value is -3.13. The van der Waals surface area contributed by atoms with Crippen LogP contribution in [0, 0.1) is 0 Å². The first-order valence-corrected chi connectivity index (χ1v) is 8.39. The molecule has 0 bridgehead atoms. The summed E-state index contributed by atoms with van der Waals surface area (Å²) in [6.07, 6.45) is 0.745. The highest BCUT2D eigenvalue weighted by molar-refractivity contribution is 5.97. The molecule has 3 rings (SSSR count). The molecule has 0 saturated carbocycles. The van der Waals surface area contributed by atoms with Crippen molar-refractivity contribution in [3.8, 4) is 0 Å². The molecule has 1 N–H and O–H groups in total. The molecule has 3 aromatic rings. The summed E-state index contributed by atoms with van der Waals surface area (Å²) >= 11 is 0. The van der Waals surface area contributed by atoms with Crippen LogP contribution < -0.4 is 5.32 Å². The molecule has 0 aliphatic heterocycles. The molecule has 0 unspecified atom stereocenters. The van der Waals surface area contributed by atoms with Crippen LogP contribution in [-0.4, -0.2) is 5.91 Å². The van der Waals surface area contributed by atoms with Gasteiger partial charge in [0.25, 0.3) is 0 Å². The van der Waals surface area contributed by atoms with Crippen molar-refractivity contribution in [1.29, 1.82) is 0 Å². The van der Waals surface area contributed by atoms with E-state index >= 15 is 0 Å². The molecule has 0 radical (unpaired) electrons. The first kappa shape index (κ1) is 16.7. The van der Waals surface area contributed by atoms with Crippen molar-refractivity contribution in [3.63, 3.8) is 0 Å². The van der Waals surface area contributed by atoms with E-state index in [0.29, 0.717) is 0 Å². The first-order chi connectivity index (χ1) is 12.2. The van der Waals surface area contributed by atoms with Crippen LogP contribution in [0.5, 0.6) is 0 Å². The number of rotatable bonds is 5. The Morgan fingerprint density at radius 2 is 1.20 bits per heavy atom. The van der Waals surface area contributed by atoms with E-state index in [4.69, 9.17) is 0 Å². The molecule has 2 nitrogen and oxygen atoms in total. The minimum Gasteiger partial charge on any atom is -0.326 e. The Kier molecular flexibility index (Phi) is 5.43. The van der Waals surface area contributed by atoms with E-state index < -0.39 is 0 Å². The van der Waals surface area contributed by atoms with Crippen LogP contribution in [0.3, 0.4) is 0 Å². The quantitative estimate of drug-likeness (QED) is 0.661. The van der Waals surface area contributed by atoms with Gasteiger partial charge >= 0.3 is 0 Å². The highest BCUT2D eigenvalue weighted by atomic mass is 16.1. The molecule has 1 amide bonds. The number of amides is 1. The Morgan fingerprint density at radius 1 is 0.720 bits per heavy atom. The smallest absolute Gasteiger partial charge is 0.221 e. The van der Waals surface area contributed by atoms with E-state index in [-0.39, 0.29) is 5.91 Å². The molecule has 0 aliphatic carbocycles. The van der Waals surface area contributed by atoms with Gasteiger partial charge in [-0.3, -0.25) is 4.79 Å². The van der Waals surface area contributed by atoms with E-state index in [9.17, 15) is 4.79 Å². The second-order valence-corrected chi connectivity index (χ2v) is 5.93. The van der Waals surface area contributed by atoms with E-state index in [2.05, 4.69) is 29.6 Å². The lowest BCUT2D eigenvalue weighted by atomic mass is 9.93. The van der Waals surface area contributed by atoms with Crippen molar-refractivity contribution in [3.05, 3.63) is 108 Å². The molecule has 2 heteroatoms. The molecule has 3 aromatic carbocycles. The van der Waals surface area contributed by atoms with Crippen molar-refractivity contribution in [2.24, 2.45) is 0 Å². The molecule has 124 valence electrons. The second-order valence-electron chi connectivity index (χ2n) is 5.93. The van der Waals surface area contributed by atoms with Gasteiger partial charge in [-0.2, -0.15) is 0 Å². The number of benzene rings is 3. The first-order valence-electron chi connectivity index (χ1n) is 8.39. The van der Waals surface area contributed by atoms with Gasteiger partial charge in [0, 0.05) is 13.3 Å². The minimum absolute atomic E-state index is 0.0691. The summed E-state index contributed by atoms with van der Waals surface area (Å²) in [6, 6.07) is 30.6.